The smallest absolute Gasteiger partial charge is 0.255 e. The number of carbonyl (C=O) groups excluding carboxylic acids is 2. The fourth-order valence-electron chi connectivity index (χ4n) is 2.99. The molecule has 2 aromatic carbocycles. The lowest BCUT2D eigenvalue weighted by Gasteiger charge is -2.27. The van der Waals surface area contributed by atoms with Crippen LogP contribution in [0.15, 0.2) is 42.5 Å². The molecule has 5 nitrogen and oxygen atoms in total. The number of nitrogens with two attached hydrogens (primary N) is 1. The van der Waals surface area contributed by atoms with E-state index < -0.39 is 17.9 Å². The third-order valence-electron chi connectivity index (χ3n) is 4.72. The fraction of sp³-hybridized carbons (Fsp3) is 0.391. The maximum absolute atomic E-state index is 13.0. The Labute approximate surface area is 167 Å². The first-order valence-electron chi connectivity index (χ1n) is 9.35. The van der Waals surface area contributed by atoms with E-state index in [9.17, 15) is 14.7 Å². The third-order valence-corrected chi connectivity index (χ3v) is 4.72. The fourth-order valence-corrected chi connectivity index (χ4v) is 2.99. The molecule has 0 saturated heterocycles. The standard InChI is InChI=1S/C23H30N2O3/c1-22(2,3)15-12-16(19(26)17(13-15)23(4,5)6)21(28)25-18(20(24)27)14-10-8-7-9-11-14/h7-13,18,26H,1-6H3,(H2,24,27)(H,25,28)/t18-/m1/s1. The van der Waals surface area contributed by atoms with Crippen molar-refractivity contribution in [1.82, 2.24) is 5.32 Å². The number of primary amides is 1. The van der Waals surface area contributed by atoms with Crippen molar-refractivity contribution < 1.29 is 14.7 Å². The average Bonchev–Trinajstić information content (AvgIpc) is 2.58. The summed E-state index contributed by atoms with van der Waals surface area (Å²) in [5.74, 6) is -1.28. The minimum Gasteiger partial charge on any atom is -0.507 e. The van der Waals surface area contributed by atoms with Crippen molar-refractivity contribution in [1.29, 1.82) is 0 Å². The van der Waals surface area contributed by atoms with E-state index in [0.29, 0.717) is 11.1 Å². The Hall–Kier alpha value is -2.82. The number of phenolic OH excluding ortho intramolecular Hbond substituents is 1. The van der Waals surface area contributed by atoms with Gasteiger partial charge < -0.3 is 16.2 Å². The molecule has 0 heterocycles. The van der Waals surface area contributed by atoms with Crippen LogP contribution in [0, 0.1) is 0 Å². The lowest BCUT2D eigenvalue weighted by atomic mass is 9.79. The zero-order chi connectivity index (χ0) is 21.3. The van der Waals surface area contributed by atoms with E-state index in [2.05, 4.69) is 5.32 Å². The third kappa shape index (κ3) is 4.71. The summed E-state index contributed by atoms with van der Waals surface area (Å²) in [6, 6.07) is 11.4. The summed E-state index contributed by atoms with van der Waals surface area (Å²) >= 11 is 0. The van der Waals surface area contributed by atoms with E-state index in [1.807, 2.05) is 53.7 Å². The van der Waals surface area contributed by atoms with E-state index in [1.165, 1.54) is 0 Å². The number of hydrogen-bond donors (Lipinski definition) is 3. The first kappa shape index (κ1) is 21.5. The Morgan fingerprint density at radius 3 is 2.00 bits per heavy atom. The summed E-state index contributed by atoms with van der Waals surface area (Å²) in [6.45, 7) is 12.1. The van der Waals surface area contributed by atoms with E-state index in [4.69, 9.17) is 5.73 Å². The molecule has 0 aromatic heterocycles. The zero-order valence-corrected chi connectivity index (χ0v) is 17.5. The number of aromatic hydroxyl groups is 1. The summed E-state index contributed by atoms with van der Waals surface area (Å²) in [7, 11) is 0. The molecule has 0 radical (unpaired) electrons. The second-order valence-electron chi connectivity index (χ2n) is 9.14. The molecule has 0 aliphatic heterocycles. The Balaban J connectivity index is 2.53. The molecule has 5 heteroatoms. The van der Waals surface area contributed by atoms with Crippen molar-refractivity contribution in [2.24, 2.45) is 5.73 Å². The molecule has 28 heavy (non-hydrogen) atoms. The average molecular weight is 383 g/mol. The number of carbonyl (C=O) groups is 2. The monoisotopic (exact) mass is 382 g/mol. The highest BCUT2D eigenvalue weighted by molar-refractivity contribution is 6.00. The molecule has 2 amide bonds. The van der Waals surface area contributed by atoms with Crippen LogP contribution in [0.4, 0.5) is 0 Å². The highest BCUT2D eigenvalue weighted by atomic mass is 16.3. The molecule has 0 bridgehead atoms. The van der Waals surface area contributed by atoms with Crippen molar-refractivity contribution in [3.63, 3.8) is 0 Å². The van der Waals surface area contributed by atoms with Crippen molar-refractivity contribution in [3.05, 3.63) is 64.7 Å². The Morgan fingerprint density at radius 2 is 1.54 bits per heavy atom. The maximum atomic E-state index is 13.0. The molecule has 0 saturated carbocycles. The predicted octanol–water partition coefficient (Wildman–Crippen LogP) is 3.94. The molecule has 0 fully saturated rings. The number of hydrogen-bond acceptors (Lipinski definition) is 3. The van der Waals surface area contributed by atoms with Gasteiger partial charge in [0, 0.05) is 5.56 Å². The van der Waals surface area contributed by atoms with E-state index >= 15 is 0 Å². The van der Waals surface area contributed by atoms with E-state index in [1.54, 1.807) is 30.3 Å². The number of nitrogens with one attached hydrogen (secondary N) is 1. The van der Waals surface area contributed by atoms with Gasteiger partial charge in [0.1, 0.15) is 11.8 Å². The van der Waals surface area contributed by atoms with E-state index in [-0.39, 0.29) is 22.1 Å². The summed E-state index contributed by atoms with van der Waals surface area (Å²) in [4.78, 5) is 25.0. The van der Waals surface area contributed by atoms with E-state index in [0.717, 1.165) is 5.56 Å². The summed E-state index contributed by atoms with van der Waals surface area (Å²) in [5, 5.41) is 13.5. The van der Waals surface area contributed by atoms with Crippen molar-refractivity contribution >= 4 is 11.8 Å². The van der Waals surface area contributed by atoms with Crippen LogP contribution in [0.5, 0.6) is 5.75 Å². The van der Waals surface area contributed by atoms with Crippen LogP contribution < -0.4 is 11.1 Å². The van der Waals surface area contributed by atoms with Crippen LogP contribution in [0.3, 0.4) is 0 Å². The second kappa shape index (κ2) is 7.66. The second-order valence-corrected chi connectivity index (χ2v) is 9.14. The molecule has 0 spiro atoms. The first-order valence-corrected chi connectivity index (χ1v) is 9.35. The highest BCUT2D eigenvalue weighted by Gasteiger charge is 2.29. The number of phenols is 1. The number of benzene rings is 2. The van der Waals surface area contributed by atoms with Gasteiger partial charge in [-0.25, -0.2) is 0 Å². The topological polar surface area (TPSA) is 92.4 Å². The summed E-state index contributed by atoms with van der Waals surface area (Å²) in [5.41, 5.74) is 7.27. The number of amides is 2. The minimum absolute atomic E-state index is 0.0747. The minimum atomic E-state index is -0.982. The SMILES string of the molecule is CC(C)(C)c1cc(C(=O)N[C@@H](C(N)=O)c2ccccc2)c(O)c(C(C)(C)C)c1. The quantitative estimate of drug-likeness (QED) is 0.748. The molecule has 4 N–H and O–H groups in total. The molecular weight excluding hydrogens is 352 g/mol. The first-order chi connectivity index (χ1) is 12.8. The molecule has 0 aliphatic carbocycles. The number of rotatable bonds is 4. The van der Waals surface area contributed by atoms with Gasteiger partial charge in [-0.05, 0) is 28.0 Å². The Kier molecular flexibility index (Phi) is 5.88. The molecule has 2 aromatic rings. The van der Waals surface area contributed by atoms with Gasteiger partial charge in [0.15, 0.2) is 0 Å². The lowest BCUT2D eigenvalue weighted by Crippen LogP contribution is -2.37. The Morgan fingerprint density at radius 1 is 0.964 bits per heavy atom. The molecular formula is C23H30N2O3. The van der Waals surface area contributed by atoms with Crippen LogP contribution in [0.1, 0.15) is 74.6 Å². The maximum Gasteiger partial charge on any atom is 0.255 e. The molecule has 0 unspecified atom stereocenters. The van der Waals surface area contributed by atoms with Crippen LogP contribution in [0.25, 0.3) is 0 Å². The largest absolute Gasteiger partial charge is 0.507 e. The van der Waals surface area contributed by atoms with Gasteiger partial charge in [0.2, 0.25) is 5.91 Å². The van der Waals surface area contributed by atoms with Gasteiger partial charge in [-0.3, -0.25) is 9.59 Å². The summed E-state index contributed by atoms with van der Waals surface area (Å²) in [6.07, 6.45) is 0. The normalized spacial score (nSPS) is 13.1. The van der Waals surface area contributed by atoms with Crippen molar-refractivity contribution in [2.45, 2.75) is 58.4 Å². The van der Waals surface area contributed by atoms with Crippen LogP contribution in [0.2, 0.25) is 0 Å². The zero-order valence-electron chi connectivity index (χ0n) is 17.5. The van der Waals surface area contributed by atoms with Gasteiger partial charge in [-0.1, -0.05) is 77.9 Å². The molecule has 150 valence electrons. The van der Waals surface area contributed by atoms with Gasteiger partial charge in [-0.15, -0.1) is 0 Å². The van der Waals surface area contributed by atoms with Crippen molar-refractivity contribution in [3.8, 4) is 5.75 Å². The predicted molar refractivity (Wildman–Crippen MR) is 111 cm³/mol. The van der Waals surface area contributed by atoms with Crippen LogP contribution in [-0.4, -0.2) is 16.9 Å². The molecule has 1 atom stereocenters. The van der Waals surface area contributed by atoms with Crippen LogP contribution >= 0.6 is 0 Å². The van der Waals surface area contributed by atoms with Gasteiger partial charge in [-0.2, -0.15) is 0 Å². The van der Waals surface area contributed by atoms with Crippen LogP contribution in [-0.2, 0) is 15.6 Å². The molecule has 2 rings (SSSR count). The Bertz CT molecular complexity index is 875. The lowest BCUT2D eigenvalue weighted by molar-refractivity contribution is -0.120. The van der Waals surface area contributed by atoms with Gasteiger partial charge in [0.05, 0.1) is 5.56 Å². The summed E-state index contributed by atoms with van der Waals surface area (Å²) < 4.78 is 0. The van der Waals surface area contributed by atoms with Crippen molar-refractivity contribution in [2.75, 3.05) is 0 Å². The molecule has 0 aliphatic rings. The highest BCUT2D eigenvalue weighted by Crippen LogP contribution is 2.37. The van der Waals surface area contributed by atoms with Gasteiger partial charge >= 0.3 is 0 Å². The van der Waals surface area contributed by atoms with Gasteiger partial charge in [0.25, 0.3) is 5.91 Å².